The van der Waals surface area contributed by atoms with E-state index < -0.39 is 0 Å². The Hall–Kier alpha value is -2.10. The van der Waals surface area contributed by atoms with Gasteiger partial charge in [0.15, 0.2) is 0 Å². The van der Waals surface area contributed by atoms with Crippen molar-refractivity contribution < 1.29 is 9.59 Å². The van der Waals surface area contributed by atoms with E-state index in [0.29, 0.717) is 6.42 Å². The van der Waals surface area contributed by atoms with Crippen molar-refractivity contribution >= 4 is 17.4 Å². The standard InChI is InChI=1S/C26H34N2O2/c29-25(27-15-5-1-6-16-27)23-14-13-21-20-10-4-3-9-19(20)11-12-22(21)24(23)26(30)28-17-7-2-8-18-28/h3-4,9-10,13,22-24H,1-2,5-8,11-12,14-18H2. The molecule has 3 unspecified atom stereocenters. The van der Waals surface area contributed by atoms with Crippen molar-refractivity contribution in [3.8, 4) is 0 Å². The molecule has 0 saturated carbocycles. The first-order valence-corrected chi connectivity index (χ1v) is 12.1. The third-order valence-corrected chi connectivity index (χ3v) is 7.85. The summed E-state index contributed by atoms with van der Waals surface area (Å²) in [7, 11) is 0. The van der Waals surface area contributed by atoms with Crippen LogP contribution in [0.5, 0.6) is 0 Å². The van der Waals surface area contributed by atoms with Gasteiger partial charge >= 0.3 is 0 Å². The molecule has 30 heavy (non-hydrogen) atoms. The molecule has 4 aliphatic rings. The average molecular weight is 407 g/mol. The summed E-state index contributed by atoms with van der Waals surface area (Å²) in [5, 5.41) is 0. The van der Waals surface area contributed by atoms with Gasteiger partial charge in [0, 0.05) is 26.2 Å². The predicted molar refractivity (Wildman–Crippen MR) is 119 cm³/mol. The normalized spacial score (nSPS) is 28.9. The first-order chi connectivity index (χ1) is 14.7. The molecule has 0 spiro atoms. The van der Waals surface area contributed by atoms with Gasteiger partial charge in [0.2, 0.25) is 11.8 Å². The van der Waals surface area contributed by atoms with E-state index in [4.69, 9.17) is 0 Å². The smallest absolute Gasteiger partial charge is 0.227 e. The maximum absolute atomic E-state index is 13.8. The molecule has 160 valence electrons. The minimum absolute atomic E-state index is 0.182. The van der Waals surface area contributed by atoms with Crippen molar-refractivity contribution in [3.63, 3.8) is 0 Å². The number of likely N-dealkylation sites (tertiary alicyclic amines) is 2. The van der Waals surface area contributed by atoms with E-state index in [-0.39, 0.29) is 29.6 Å². The summed E-state index contributed by atoms with van der Waals surface area (Å²) in [6.45, 7) is 3.46. The number of hydrogen-bond donors (Lipinski definition) is 0. The molecule has 0 N–H and O–H groups in total. The van der Waals surface area contributed by atoms with Gasteiger partial charge in [-0.3, -0.25) is 9.59 Å². The van der Waals surface area contributed by atoms with Crippen LogP contribution in [0.25, 0.3) is 5.57 Å². The molecule has 2 fully saturated rings. The fourth-order valence-corrected chi connectivity index (χ4v) is 6.27. The molecule has 2 aliphatic carbocycles. The summed E-state index contributed by atoms with van der Waals surface area (Å²) in [6.07, 6.45) is 11.8. The van der Waals surface area contributed by atoms with Crippen molar-refractivity contribution in [2.45, 2.75) is 57.8 Å². The van der Waals surface area contributed by atoms with Gasteiger partial charge in [0.05, 0.1) is 11.8 Å². The third-order valence-electron chi connectivity index (χ3n) is 7.85. The fraction of sp³-hybridized carbons (Fsp3) is 0.615. The molecule has 0 radical (unpaired) electrons. The topological polar surface area (TPSA) is 40.6 Å². The van der Waals surface area contributed by atoms with Crippen LogP contribution in [0.4, 0.5) is 0 Å². The van der Waals surface area contributed by atoms with Crippen LogP contribution in [0.3, 0.4) is 0 Å². The van der Waals surface area contributed by atoms with E-state index in [9.17, 15) is 9.59 Å². The van der Waals surface area contributed by atoms with Crippen LogP contribution in [0.2, 0.25) is 0 Å². The number of piperidine rings is 2. The zero-order valence-electron chi connectivity index (χ0n) is 18.0. The summed E-state index contributed by atoms with van der Waals surface area (Å²) in [5.74, 6) is 0.295. The van der Waals surface area contributed by atoms with Crippen LogP contribution in [0.1, 0.15) is 62.5 Å². The Morgan fingerprint density at radius 1 is 0.800 bits per heavy atom. The first kappa shape index (κ1) is 19.8. The Labute approximate surface area is 180 Å². The van der Waals surface area contributed by atoms with Crippen LogP contribution in [-0.4, -0.2) is 47.8 Å². The molecule has 2 heterocycles. The molecule has 2 aliphatic heterocycles. The quantitative estimate of drug-likeness (QED) is 0.735. The van der Waals surface area contributed by atoms with Gasteiger partial charge in [-0.05, 0) is 80.4 Å². The number of rotatable bonds is 2. The molecular formula is C26H34N2O2. The molecule has 2 amide bonds. The van der Waals surface area contributed by atoms with Gasteiger partial charge in [0.1, 0.15) is 0 Å². The largest absolute Gasteiger partial charge is 0.342 e. The summed E-state index contributed by atoms with van der Waals surface area (Å²) < 4.78 is 0. The van der Waals surface area contributed by atoms with E-state index in [0.717, 1.165) is 64.7 Å². The van der Waals surface area contributed by atoms with E-state index in [1.165, 1.54) is 29.5 Å². The van der Waals surface area contributed by atoms with Crippen LogP contribution in [0, 0.1) is 17.8 Å². The van der Waals surface area contributed by atoms with Crippen molar-refractivity contribution in [2.24, 2.45) is 17.8 Å². The maximum Gasteiger partial charge on any atom is 0.227 e. The number of aryl methyl sites for hydroxylation is 1. The molecule has 5 rings (SSSR count). The summed E-state index contributed by atoms with van der Waals surface area (Å²) >= 11 is 0. The summed E-state index contributed by atoms with van der Waals surface area (Å²) in [4.78, 5) is 31.6. The summed E-state index contributed by atoms with van der Waals surface area (Å²) in [6, 6.07) is 8.65. The van der Waals surface area contributed by atoms with Gasteiger partial charge in [0.25, 0.3) is 0 Å². The van der Waals surface area contributed by atoms with Gasteiger partial charge in [-0.15, -0.1) is 0 Å². The fourth-order valence-electron chi connectivity index (χ4n) is 6.27. The Morgan fingerprint density at radius 3 is 2.13 bits per heavy atom. The zero-order valence-corrected chi connectivity index (χ0v) is 18.0. The molecule has 4 heteroatoms. The van der Waals surface area contributed by atoms with Crippen molar-refractivity contribution in [3.05, 3.63) is 41.5 Å². The molecule has 3 atom stereocenters. The Kier molecular flexibility index (Phi) is 5.66. The number of nitrogens with zero attached hydrogens (tertiary/aromatic N) is 2. The summed E-state index contributed by atoms with van der Waals surface area (Å²) in [5.41, 5.74) is 4.04. The SMILES string of the molecule is O=C(C1CC=C2c3ccccc3CCC2C1C(=O)N1CCCCC1)N1CCCCC1. The molecule has 1 aromatic rings. The van der Waals surface area contributed by atoms with Gasteiger partial charge < -0.3 is 9.80 Å². The lowest BCUT2D eigenvalue weighted by Gasteiger charge is -2.44. The van der Waals surface area contributed by atoms with E-state index in [1.807, 2.05) is 0 Å². The van der Waals surface area contributed by atoms with Crippen LogP contribution >= 0.6 is 0 Å². The predicted octanol–water partition coefficient (Wildman–Crippen LogP) is 4.29. The van der Waals surface area contributed by atoms with Crippen molar-refractivity contribution in [2.75, 3.05) is 26.2 Å². The number of benzene rings is 1. The van der Waals surface area contributed by atoms with Crippen LogP contribution in [-0.2, 0) is 16.0 Å². The highest BCUT2D eigenvalue weighted by Gasteiger charge is 2.47. The molecule has 0 aromatic heterocycles. The highest BCUT2D eigenvalue weighted by molar-refractivity contribution is 5.92. The average Bonchev–Trinajstić information content (AvgIpc) is 2.83. The lowest BCUT2D eigenvalue weighted by Crippen LogP contribution is -2.51. The second-order valence-electron chi connectivity index (χ2n) is 9.60. The third kappa shape index (κ3) is 3.59. The highest BCUT2D eigenvalue weighted by atomic mass is 16.2. The van der Waals surface area contributed by atoms with Crippen molar-refractivity contribution in [1.29, 1.82) is 0 Å². The molecule has 0 bridgehead atoms. The Morgan fingerprint density at radius 2 is 1.43 bits per heavy atom. The van der Waals surface area contributed by atoms with Crippen molar-refractivity contribution in [1.82, 2.24) is 9.80 Å². The molecule has 1 aromatic carbocycles. The van der Waals surface area contributed by atoms with Crippen LogP contribution < -0.4 is 0 Å². The lowest BCUT2D eigenvalue weighted by molar-refractivity contribution is -0.149. The monoisotopic (exact) mass is 406 g/mol. The Bertz CT molecular complexity index is 833. The van der Waals surface area contributed by atoms with E-state index in [1.54, 1.807) is 0 Å². The number of hydrogen-bond acceptors (Lipinski definition) is 2. The molecular weight excluding hydrogens is 372 g/mol. The van der Waals surface area contributed by atoms with E-state index >= 15 is 0 Å². The van der Waals surface area contributed by atoms with E-state index in [2.05, 4.69) is 40.1 Å². The maximum atomic E-state index is 13.8. The molecule has 2 saturated heterocycles. The minimum Gasteiger partial charge on any atom is -0.342 e. The second-order valence-corrected chi connectivity index (χ2v) is 9.60. The second kappa shape index (κ2) is 8.56. The van der Waals surface area contributed by atoms with Gasteiger partial charge in [-0.25, -0.2) is 0 Å². The highest BCUT2D eigenvalue weighted by Crippen LogP contribution is 2.47. The minimum atomic E-state index is -0.189. The van der Waals surface area contributed by atoms with Gasteiger partial charge in [-0.2, -0.15) is 0 Å². The number of amides is 2. The van der Waals surface area contributed by atoms with Gasteiger partial charge in [-0.1, -0.05) is 30.3 Å². The van der Waals surface area contributed by atoms with Crippen LogP contribution in [0.15, 0.2) is 30.3 Å². The molecule has 4 nitrogen and oxygen atoms in total. The number of fused-ring (bicyclic) bond motifs is 3. The lowest BCUT2D eigenvalue weighted by atomic mass is 9.64. The first-order valence-electron chi connectivity index (χ1n) is 12.1. The zero-order chi connectivity index (χ0) is 20.5. The number of carbonyl (C=O) groups is 2. The number of allylic oxidation sites excluding steroid dienone is 2. The number of carbonyl (C=O) groups excluding carboxylic acids is 2. The Balaban J connectivity index is 1.49.